The number of carboxylic acid groups (broad SMARTS) is 1. The Labute approximate surface area is 143 Å². The fraction of sp³-hybridized carbons (Fsp3) is 0.438. The lowest BCUT2D eigenvalue weighted by Gasteiger charge is -2.34. The topological polar surface area (TPSA) is 117 Å². The van der Waals surface area contributed by atoms with E-state index in [2.05, 4.69) is 0 Å². The highest BCUT2D eigenvalue weighted by Gasteiger charge is 2.39. The van der Waals surface area contributed by atoms with Crippen LogP contribution in [0.2, 0.25) is 0 Å². The number of ether oxygens (including phenoxy) is 2. The van der Waals surface area contributed by atoms with Crippen LogP contribution in [0.3, 0.4) is 0 Å². The molecule has 2 amide bonds. The molecule has 0 radical (unpaired) electrons. The first-order chi connectivity index (χ1) is 12.0. The van der Waals surface area contributed by atoms with E-state index in [0.29, 0.717) is 24.5 Å². The number of amides is 2. The Balaban J connectivity index is 1.83. The fourth-order valence-corrected chi connectivity index (χ4v) is 2.84. The first-order valence-electron chi connectivity index (χ1n) is 7.81. The number of hydrogen-bond donors (Lipinski definition) is 2. The van der Waals surface area contributed by atoms with Crippen LogP contribution in [0.5, 0.6) is 0 Å². The predicted octanol–water partition coefficient (Wildman–Crippen LogP) is -0.773. The van der Waals surface area contributed by atoms with Crippen molar-refractivity contribution in [3.8, 4) is 0 Å². The Bertz CT molecular complexity index is 693. The van der Waals surface area contributed by atoms with Gasteiger partial charge < -0.3 is 29.5 Å². The van der Waals surface area contributed by atoms with Crippen LogP contribution in [0, 0.1) is 0 Å². The molecular weight excluding hydrogens is 332 g/mol. The number of morpholine rings is 2. The predicted molar refractivity (Wildman–Crippen MR) is 85.3 cm³/mol. The molecule has 9 heteroatoms. The van der Waals surface area contributed by atoms with Gasteiger partial charge in [-0.15, -0.1) is 0 Å². The maximum atomic E-state index is 12.5. The molecule has 0 bridgehead atoms. The standard InChI is InChI=1S/C16H18N2O7/c19-12-9-24-6-4-17(12)10-2-1-3-11(8-10)18-5-7-25-14(15(18)21)13(20)16(22)23/h1-3,8,13-14,20H,4-7,9H2,(H,22,23)/t13?,14-/m1/s1. The number of aliphatic carboxylic acids is 1. The summed E-state index contributed by atoms with van der Waals surface area (Å²) < 4.78 is 10.2. The van der Waals surface area contributed by atoms with Crippen molar-refractivity contribution in [2.45, 2.75) is 12.2 Å². The Morgan fingerprint density at radius 2 is 1.84 bits per heavy atom. The van der Waals surface area contributed by atoms with E-state index >= 15 is 0 Å². The molecule has 0 saturated carbocycles. The van der Waals surface area contributed by atoms with Crippen LogP contribution in [-0.4, -0.2) is 73.1 Å². The molecule has 25 heavy (non-hydrogen) atoms. The van der Waals surface area contributed by atoms with E-state index in [0.717, 1.165) is 0 Å². The Morgan fingerprint density at radius 3 is 2.52 bits per heavy atom. The molecule has 1 aromatic carbocycles. The van der Waals surface area contributed by atoms with E-state index in [4.69, 9.17) is 14.6 Å². The van der Waals surface area contributed by atoms with Crippen LogP contribution in [-0.2, 0) is 23.9 Å². The van der Waals surface area contributed by atoms with E-state index in [1.807, 2.05) is 0 Å². The lowest BCUT2D eigenvalue weighted by Crippen LogP contribution is -2.54. The van der Waals surface area contributed by atoms with Crippen molar-refractivity contribution in [3.05, 3.63) is 24.3 Å². The number of carbonyl (C=O) groups excluding carboxylic acids is 2. The largest absolute Gasteiger partial charge is 0.479 e. The van der Waals surface area contributed by atoms with Crippen molar-refractivity contribution in [2.75, 3.05) is 42.7 Å². The lowest BCUT2D eigenvalue weighted by molar-refractivity contribution is -0.163. The minimum Gasteiger partial charge on any atom is -0.479 e. The molecule has 0 aromatic heterocycles. The zero-order valence-corrected chi connectivity index (χ0v) is 13.3. The van der Waals surface area contributed by atoms with Gasteiger partial charge in [0.25, 0.3) is 11.8 Å². The van der Waals surface area contributed by atoms with Gasteiger partial charge in [0.05, 0.1) is 13.2 Å². The fourth-order valence-electron chi connectivity index (χ4n) is 2.84. The third-order valence-electron chi connectivity index (χ3n) is 4.10. The highest BCUT2D eigenvalue weighted by Crippen LogP contribution is 2.26. The summed E-state index contributed by atoms with van der Waals surface area (Å²) in [5, 5.41) is 18.5. The van der Waals surface area contributed by atoms with Crippen LogP contribution in [0.1, 0.15) is 0 Å². The summed E-state index contributed by atoms with van der Waals surface area (Å²) in [5.74, 6) is -2.32. The number of benzene rings is 1. The molecule has 1 unspecified atom stereocenters. The SMILES string of the molecule is O=C(O)C(O)[C@H]1OCCN(c2cccc(N3CCOCC3=O)c2)C1=O. The molecule has 2 aliphatic rings. The molecular formula is C16H18N2O7. The minimum absolute atomic E-state index is 0.00753. The van der Waals surface area contributed by atoms with Gasteiger partial charge in [0.1, 0.15) is 6.61 Å². The van der Waals surface area contributed by atoms with E-state index in [-0.39, 0.29) is 25.7 Å². The van der Waals surface area contributed by atoms with Crippen LogP contribution < -0.4 is 9.80 Å². The molecule has 2 fully saturated rings. The Hall–Kier alpha value is -2.49. The first kappa shape index (κ1) is 17.3. The van der Waals surface area contributed by atoms with Crippen molar-refractivity contribution < 1.29 is 34.1 Å². The molecule has 2 aliphatic heterocycles. The maximum absolute atomic E-state index is 12.5. The molecule has 134 valence electrons. The summed E-state index contributed by atoms with van der Waals surface area (Å²) in [6.45, 7) is 1.18. The van der Waals surface area contributed by atoms with E-state index in [1.54, 1.807) is 29.2 Å². The molecule has 2 N–H and O–H groups in total. The van der Waals surface area contributed by atoms with Crippen molar-refractivity contribution in [3.63, 3.8) is 0 Å². The van der Waals surface area contributed by atoms with Gasteiger partial charge >= 0.3 is 5.97 Å². The van der Waals surface area contributed by atoms with E-state index in [1.165, 1.54) is 4.90 Å². The van der Waals surface area contributed by atoms with Gasteiger partial charge in [-0.1, -0.05) is 6.07 Å². The Kier molecular flexibility index (Phi) is 4.98. The average molecular weight is 350 g/mol. The Morgan fingerprint density at radius 1 is 1.16 bits per heavy atom. The molecule has 9 nitrogen and oxygen atoms in total. The number of nitrogens with zero attached hydrogens (tertiary/aromatic N) is 2. The van der Waals surface area contributed by atoms with Gasteiger partial charge in [0.2, 0.25) is 0 Å². The molecule has 1 aromatic rings. The third kappa shape index (κ3) is 3.48. The third-order valence-corrected chi connectivity index (χ3v) is 4.10. The smallest absolute Gasteiger partial charge is 0.335 e. The number of aliphatic hydroxyl groups is 1. The van der Waals surface area contributed by atoms with Crippen molar-refractivity contribution >= 4 is 29.2 Å². The second-order valence-electron chi connectivity index (χ2n) is 5.68. The number of rotatable bonds is 4. The molecule has 0 aliphatic carbocycles. The number of anilines is 2. The average Bonchev–Trinajstić information content (AvgIpc) is 2.62. The van der Waals surface area contributed by atoms with Gasteiger partial charge in [-0.05, 0) is 18.2 Å². The number of carbonyl (C=O) groups is 3. The summed E-state index contributed by atoms with van der Waals surface area (Å²) in [7, 11) is 0. The summed E-state index contributed by atoms with van der Waals surface area (Å²) >= 11 is 0. The summed E-state index contributed by atoms with van der Waals surface area (Å²) in [6.07, 6.45) is -3.39. The van der Waals surface area contributed by atoms with Gasteiger partial charge in [-0.3, -0.25) is 9.59 Å². The zero-order chi connectivity index (χ0) is 18.0. The van der Waals surface area contributed by atoms with Crippen LogP contribution in [0.4, 0.5) is 11.4 Å². The molecule has 2 saturated heterocycles. The van der Waals surface area contributed by atoms with Crippen LogP contribution >= 0.6 is 0 Å². The van der Waals surface area contributed by atoms with E-state index in [9.17, 15) is 19.5 Å². The molecule has 2 atom stereocenters. The maximum Gasteiger partial charge on any atom is 0.335 e. The van der Waals surface area contributed by atoms with Crippen LogP contribution in [0.15, 0.2) is 24.3 Å². The molecule has 3 rings (SSSR count). The number of aliphatic hydroxyl groups excluding tert-OH is 1. The molecule has 0 spiro atoms. The normalized spacial score (nSPS) is 22.8. The van der Waals surface area contributed by atoms with Crippen molar-refractivity contribution in [1.29, 1.82) is 0 Å². The van der Waals surface area contributed by atoms with Crippen molar-refractivity contribution in [2.24, 2.45) is 0 Å². The molecule has 2 heterocycles. The summed E-state index contributed by atoms with van der Waals surface area (Å²) in [6, 6.07) is 6.82. The summed E-state index contributed by atoms with van der Waals surface area (Å²) in [4.78, 5) is 38.3. The highest BCUT2D eigenvalue weighted by molar-refractivity contribution is 6.01. The minimum atomic E-state index is -1.93. The van der Waals surface area contributed by atoms with E-state index < -0.39 is 24.1 Å². The van der Waals surface area contributed by atoms with Gasteiger partial charge in [0, 0.05) is 24.5 Å². The second kappa shape index (κ2) is 7.18. The number of carboxylic acids is 1. The zero-order valence-electron chi connectivity index (χ0n) is 13.3. The monoisotopic (exact) mass is 350 g/mol. The summed E-state index contributed by atoms with van der Waals surface area (Å²) in [5.41, 5.74) is 1.13. The van der Waals surface area contributed by atoms with Crippen molar-refractivity contribution in [1.82, 2.24) is 0 Å². The quantitative estimate of drug-likeness (QED) is 0.732. The van der Waals surface area contributed by atoms with Gasteiger partial charge in [-0.2, -0.15) is 0 Å². The highest BCUT2D eigenvalue weighted by atomic mass is 16.5. The second-order valence-corrected chi connectivity index (χ2v) is 5.68. The first-order valence-corrected chi connectivity index (χ1v) is 7.81. The van der Waals surface area contributed by atoms with Crippen LogP contribution in [0.25, 0.3) is 0 Å². The van der Waals surface area contributed by atoms with Gasteiger partial charge in [0.15, 0.2) is 12.2 Å². The lowest BCUT2D eigenvalue weighted by atomic mass is 10.1. The van der Waals surface area contributed by atoms with Gasteiger partial charge in [-0.25, -0.2) is 4.79 Å². The number of hydrogen-bond acceptors (Lipinski definition) is 6.